The number of thioether (sulfide) groups is 1. The molecule has 1 atom stereocenters. The molecule has 8 heteroatoms. The molecule has 3 aromatic carbocycles. The van der Waals surface area contributed by atoms with E-state index in [0.717, 1.165) is 22.6 Å². The Morgan fingerprint density at radius 2 is 1.74 bits per heavy atom. The lowest BCUT2D eigenvalue weighted by Gasteiger charge is -2.28. The van der Waals surface area contributed by atoms with Crippen LogP contribution in [-0.4, -0.2) is 20.7 Å². The summed E-state index contributed by atoms with van der Waals surface area (Å²) in [7, 11) is 0. The van der Waals surface area contributed by atoms with Crippen LogP contribution in [0.5, 0.6) is 0 Å². The van der Waals surface area contributed by atoms with Crippen LogP contribution in [0.25, 0.3) is 0 Å². The number of para-hydroxylation sites is 1. The van der Waals surface area contributed by atoms with Crippen LogP contribution in [-0.2, 0) is 10.5 Å². The van der Waals surface area contributed by atoms with E-state index in [2.05, 4.69) is 27.8 Å². The lowest BCUT2D eigenvalue weighted by molar-refractivity contribution is -0.113. The summed E-state index contributed by atoms with van der Waals surface area (Å²) < 4.78 is 15.4. The summed E-state index contributed by atoms with van der Waals surface area (Å²) in [4.78, 5) is 18.2. The maximum absolute atomic E-state index is 13.7. The Morgan fingerprint density at radius 3 is 2.49 bits per heavy atom. The normalized spacial score (nSPS) is 14.9. The Morgan fingerprint density at radius 1 is 1.03 bits per heavy atom. The molecule has 35 heavy (non-hydrogen) atoms. The minimum atomic E-state index is -0.561. The second-order valence-electron chi connectivity index (χ2n) is 8.32. The molecule has 0 aliphatic carbocycles. The number of fused-ring (bicyclic) bond motifs is 1. The summed E-state index contributed by atoms with van der Waals surface area (Å²) in [5.41, 5.74) is 4.78. The van der Waals surface area contributed by atoms with E-state index in [1.165, 1.54) is 29.5 Å². The minimum absolute atomic E-state index is 0.252. The first-order valence-electron chi connectivity index (χ1n) is 11.2. The van der Waals surface area contributed by atoms with Crippen molar-refractivity contribution in [3.05, 3.63) is 113 Å². The van der Waals surface area contributed by atoms with E-state index in [1.807, 2.05) is 56.3 Å². The third-order valence-electron chi connectivity index (χ3n) is 5.87. The van der Waals surface area contributed by atoms with Crippen molar-refractivity contribution in [1.82, 2.24) is 14.8 Å². The molecule has 6 nitrogen and oxygen atoms in total. The first kappa shape index (κ1) is 22.9. The third-order valence-corrected chi connectivity index (χ3v) is 6.78. The second kappa shape index (κ2) is 9.76. The molecule has 0 saturated carbocycles. The molecule has 0 spiro atoms. The van der Waals surface area contributed by atoms with Crippen molar-refractivity contribution < 1.29 is 9.18 Å². The van der Waals surface area contributed by atoms with Gasteiger partial charge in [0.25, 0.3) is 5.91 Å². The Labute approximate surface area is 207 Å². The summed E-state index contributed by atoms with van der Waals surface area (Å²) >= 11 is 1.52. The van der Waals surface area contributed by atoms with Gasteiger partial charge in [0.1, 0.15) is 11.9 Å². The number of benzene rings is 3. The van der Waals surface area contributed by atoms with E-state index >= 15 is 0 Å². The van der Waals surface area contributed by atoms with Crippen molar-refractivity contribution in [3.8, 4) is 0 Å². The number of nitrogens with zero attached hydrogens (tertiary/aromatic N) is 3. The van der Waals surface area contributed by atoms with E-state index in [9.17, 15) is 9.18 Å². The average Bonchev–Trinajstić information content (AvgIpc) is 3.27. The smallest absolute Gasteiger partial charge is 0.255 e. The number of nitrogens with one attached hydrogen (secondary N) is 2. The predicted octanol–water partition coefficient (Wildman–Crippen LogP) is 5.95. The number of carbonyl (C=O) groups is 1. The van der Waals surface area contributed by atoms with E-state index in [4.69, 9.17) is 5.10 Å². The van der Waals surface area contributed by atoms with Gasteiger partial charge in [0.05, 0.1) is 5.57 Å². The van der Waals surface area contributed by atoms with Gasteiger partial charge < -0.3 is 10.6 Å². The maximum atomic E-state index is 13.7. The molecule has 1 aromatic heterocycles. The summed E-state index contributed by atoms with van der Waals surface area (Å²) in [5, 5.41) is 11.6. The Hall–Kier alpha value is -3.91. The number of aromatic nitrogens is 3. The zero-order chi connectivity index (χ0) is 24.4. The fraction of sp³-hybridized carbons (Fsp3) is 0.148. The SMILES string of the molecule is CC1=C(C(=O)Nc2ccccc2C)[C@H](c2ccc(F)cc2)n2nc(SCc3ccccc3)nc2N1. The molecule has 1 amide bonds. The molecule has 0 radical (unpaired) electrons. The van der Waals surface area contributed by atoms with Gasteiger partial charge >= 0.3 is 0 Å². The molecule has 1 aliphatic rings. The number of halogens is 1. The van der Waals surface area contributed by atoms with Crippen LogP contribution in [0.15, 0.2) is 95.3 Å². The van der Waals surface area contributed by atoms with Crippen LogP contribution >= 0.6 is 11.8 Å². The largest absolute Gasteiger partial charge is 0.328 e. The maximum Gasteiger partial charge on any atom is 0.255 e. The molecule has 5 rings (SSSR count). The molecule has 0 fully saturated rings. The number of amides is 1. The minimum Gasteiger partial charge on any atom is -0.328 e. The van der Waals surface area contributed by atoms with Gasteiger partial charge in [-0.1, -0.05) is 72.4 Å². The molecule has 0 unspecified atom stereocenters. The molecule has 2 N–H and O–H groups in total. The van der Waals surface area contributed by atoms with Crippen molar-refractivity contribution in [2.24, 2.45) is 0 Å². The Bertz CT molecular complexity index is 1400. The molecular weight excluding hydrogens is 461 g/mol. The number of allylic oxidation sites excluding steroid dienone is 1. The highest BCUT2D eigenvalue weighted by atomic mass is 32.2. The fourth-order valence-electron chi connectivity index (χ4n) is 4.06. The van der Waals surface area contributed by atoms with E-state index in [0.29, 0.717) is 22.4 Å². The fourth-order valence-corrected chi connectivity index (χ4v) is 4.85. The van der Waals surface area contributed by atoms with Gasteiger partial charge in [-0.3, -0.25) is 4.79 Å². The van der Waals surface area contributed by atoms with Gasteiger partial charge in [-0.15, -0.1) is 5.10 Å². The van der Waals surface area contributed by atoms with Crippen molar-refractivity contribution in [2.75, 3.05) is 10.6 Å². The van der Waals surface area contributed by atoms with Gasteiger partial charge in [0, 0.05) is 17.1 Å². The summed E-state index contributed by atoms with van der Waals surface area (Å²) in [5.74, 6) is 0.670. The summed E-state index contributed by atoms with van der Waals surface area (Å²) in [6.45, 7) is 3.79. The average molecular weight is 486 g/mol. The number of hydrogen-bond acceptors (Lipinski definition) is 5. The van der Waals surface area contributed by atoms with Crippen LogP contribution < -0.4 is 10.6 Å². The zero-order valence-corrected chi connectivity index (χ0v) is 20.1. The predicted molar refractivity (Wildman–Crippen MR) is 137 cm³/mol. The molecule has 0 saturated heterocycles. The van der Waals surface area contributed by atoms with E-state index in [-0.39, 0.29) is 11.7 Å². The molecule has 176 valence electrons. The zero-order valence-electron chi connectivity index (χ0n) is 19.3. The van der Waals surface area contributed by atoms with Crippen LogP contribution in [0, 0.1) is 12.7 Å². The van der Waals surface area contributed by atoms with Crippen molar-refractivity contribution in [3.63, 3.8) is 0 Å². The quantitative estimate of drug-likeness (QED) is 0.331. The van der Waals surface area contributed by atoms with Crippen molar-refractivity contribution >= 4 is 29.3 Å². The molecular formula is C27H24FN5OS. The molecule has 2 heterocycles. The Kier molecular flexibility index (Phi) is 6.37. The van der Waals surface area contributed by atoms with Gasteiger partial charge in [0.15, 0.2) is 0 Å². The highest BCUT2D eigenvalue weighted by Crippen LogP contribution is 2.37. The van der Waals surface area contributed by atoms with Crippen LogP contribution in [0.1, 0.15) is 29.7 Å². The van der Waals surface area contributed by atoms with E-state index in [1.54, 1.807) is 16.8 Å². The summed E-state index contributed by atoms with van der Waals surface area (Å²) in [6, 6.07) is 23.3. The molecule has 0 bridgehead atoms. The lowest BCUT2D eigenvalue weighted by atomic mass is 9.95. The van der Waals surface area contributed by atoms with Crippen molar-refractivity contribution in [2.45, 2.75) is 30.8 Å². The standard InChI is InChI=1S/C27H24FN5OS/c1-17-8-6-7-11-22(17)30-25(34)23-18(2)29-26-31-27(35-16-19-9-4-3-5-10-19)32-33(26)24(23)20-12-14-21(28)15-13-20/h3-15,24H,16H2,1-2H3,(H,30,34)(H,29,31,32)/t24-/m0/s1. The third kappa shape index (κ3) is 4.83. The first-order chi connectivity index (χ1) is 17.0. The van der Waals surface area contributed by atoms with Gasteiger partial charge in [-0.2, -0.15) is 4.98 Å². The van der Waals surface area contributed by atoms with Crippen LogP contribution in [0.3, 0.4) is 0 Å². The lowest BCUT2D eigenvalue weighted by Crippen LogP contribution is -2.31. The molecule has 1 aliphatic heterocycles. The second-order valence-corrected chi connectivity index (χ2v) is 9.27. The van der Waals surface area contributed by atoms with Crippen LogP contribution in [0.4, 0.5) is 16.0 Å². The molecule has 4 aromatic rings. The van der Waals surface area contributed by atoms with Crippen molar-refractivity contribution in [1.29, 1.82) is 0 Å². The van der Waals surface area contributed by atoms with Crippen LogP contribution in [0.2, 0.25) is 0 Å². The number of aryl methyl sites for hydroxylation is 1. The Balaban J connectivity index is 1.50. The van der Waals surface area contributed by atoms with Gasteiger partial charge in [-0.05, 0) is 48.7 Å². The van der Waals surface area contributed by atoms with E-state index < -0.39 is 6.04 Å². The monoisotopic (exact) mass is 485 g/mol. The topological polar surface area (TPSA) is 71.8 Å². The number of rotatable bonds is 6. The number of carbonyl (C=O) groups excluding carboxylic acids is 1. The number of anilines is 2. The highest BCUT2D eigenvalue weighted by molar-refractivity contribution is 7.98. The van der Waals surface area contributed by atoms with Gasteiger partial charge in [-0.25, -0.2) is 9.07 Å². The first-order valence-corrected chi connectivity index (χ1v) is 12.2. The van der Waals surface area contributed by atoms with Gasteiger partial charge in [0.2, 0.25) is 11.1 Å². The highest BCUT2D eigenvalue weighted by Gasteiger charge is 2.34. The summed E-state index contributed by atoms with van der Waals surface area (Å²) in [6.07, 6.45) is 0. The number of hydrogen-bond donors (Lipinski definition) is 2.